The van der Waals surface area contributed by atoms with Gasteiger partial charge in [0.25, 0.3) is 0 Å². The molecule has 1 saturated carbocycles. The van der Waals surface area contributed by atoms with E-state index in [0.29, 0.717) is 0 Å². The Morgan fingerprint density at radius 2 is 1.90 bits per heavy atom. The van der Waals surface area contributed by atoms with Crippen molar-refractivity contribution in [3.63, 3.8) is 0 Å². The van der Waals surface area contributed by atoms with E-state index in [1.54, 1.807) is 6.08 Å². The van der Waals surface area contributed by atoms with Gasteiger partial charge >= 0.3 is 0 Å². The molecule has 0 aromatic carbocycles. The number of carbonyl (C=O) groups is 3. The van der Waals surface area contributed by atoms with Crippen molar-refractivity contribution in [1.29, 1.82) is 0 Å². The molecule has 4 rings (SSSR count). The second-order valence-electron chi connectivity index (χ2n) is 10.7. The summed E-state index contributed by atoms with van der Waals surface area (Å²) in [5.74, 6) is -2.01. The first kappa shape index (κ1) is 22.1. The molecular formula is C24H35N3O4. The van der Waals surface area contributed by atoms with Crippen LogP contribution < -0.4 is 10.6 Å². The quantitative estimate of drug-likeness (QED) is 0.655. The molecule has 5 atom stereocenters. The van der Waals surface area contributed by atoms with Crippen LogP contribution in [0.25, 0.3) is 0 Å². The molecule has 3 aliphatic heterocycles. The van der Waals surface area contributed by atoms with Gasteiger partial charge in [0.1, 0.15) is 11.6 Å². The van der Waals surface area contributed by atoms with E-state index in [2.05, 4.69) is 17.2 Å². The second-order valence-corrected chi connectivity index (χ2v) is 10.7. The predicted molar refractivity (Wildman–Crippen MR) is 117 cm³/mol. The zero-order valence-electron chi connectivity index (χ0n) is 19.1. The van der Waals surface area contributed by atoms with E-state index in [1.165, 1.54) is 11.3 Å². The van der Waals surface area contributed by atoms with Crippen molar-refractivity contribution in [2.45, 2.75) is 88.6 Å². The monoisotopic (exact) mass is 429 g/mol. The van der Waals surface area contributed by atoms with Crippen LogP contribution in [0.5, 0.6) is 0 Å². The topological polar surface area (TPSA) is 87.7 Å². The minimum absolute atomic E-state index is 0.143. The zero-order chi connectivity index (χ0) is 22.6. The molecule has 31 heavy (non-hydrogen) atoms. The fourth-order valence-corrected chi connectivity index (χ4v) is 5.94. The lowest BCUT2D eigenvalue weighted by Gasteiger charge is -2.34. The van der Waals surface area contributed by atoms with Crippen molar-refractivity contribution in [2.75, 3.05) is 6.54 Å². The lowest BCUT2D eigenvalue weighted by Crippen LogP contribution is -2.58. The largest absolute Gasteiger partial charge is 0.356 e. The molecule has 7 nitrogen and oxygen atoms in total. The van der Waals surface area contributed by atoms with Gasteiger partial charge in [-0.05, 0) is 40.5 Å². The van der Waals surface area contributed by atoms with E-state index in [-0.39, 0.29) is 30.3 Å². The number of hydrogen-bond acceptors (Lipinski definition) is 4. The van der Waals surface area contributed by atoms with Crippen LogP contribution in [0.4, 0.5) is 0 Å². The van der Waals surface area contributed by atoms with Gasteiger partial charge in [-0.1, -0.05) is 37.5 Å². The van der Waals surface area contributed by atoms with Gasteiger partial charge in [0.05, 0.1) is 17.4 Å². The minimum Gasteiger partial charge on any atom is -0.356 e. The number of likely N-dealkylation sites (tertiary alicyclic amines) is 1. The Kier molecular flexibility index (Phi) is 5.31. The normalized spacial score (nSPS) is 37.1. The zero-order valence-corrected chi connectivity index (χ0v) is 19.1. The third kappa shape index (κ3) is 3.51. The molecule has 2 saturated heterocycles. The fraction of sp³-hybridized carbons (Fsp3) is 0.708. The average molecular weight is 430 g/mol. The third-order valence-corrected chi connectivity index (χ3v) is 7.10. The number of carbonyl (C=O) groups excluding carboxylic acids is 3. The SMILES string of the molecule is C=CCN1C(=O)[C@@H]2[C@@H](C(=O)NC3CCCCC3)[C@@]3(C)C=C[C@@]2(O3)[C@H]1C(=O)NC(C)(C)C. The maximum atomic E-state index is 13.6. The first-order valence-corrected chi connectivity index (χ1v) is 11.5. The van der Waals surface area contributed by atoms with Gasteiger partial charge < -0.3 is 20.3 Å². The van der Waals surface area contributed by atoms with Crippen molar-refractivity contribution in [3.8, 4) is 0 Å². The number of nitrogens with one attached hydrogen (secondary N) is 2. The highest BCUT2D eigenvalue weighted by atomic mass is 16.5. The molecular weight excluding hydrogens is 394 g/mol. The molecule has 3 fully saturated rings. The van der Waals surface area contributed by atoms with Crippen molar-refractivity contribution in [2.24, 2.45) is 11.8 Å². The number of ether oxygens (including phenoxy) is 1. The standard InChI is InChI=1S/C24H35N3O4/c1-6-14-27-18(20(29)26-22(2,3)4)24-13-12-23(5,31-24)16(17(24)21(27)30)19(28)25-15-10-8-7-9-11-15/h6,12-13,15-18H,1,7-11,14H2,2-5H3,(H,25,28)(H,26,29)/t16-,17-,18+,23+,24-/m0/s1. The number of hydrogen-bond donors (Lipinski definition) is 2. The van der Waals surface area contributed by atoms with Crippen LogP contribution in [0.15, 0.2) is 24.8 Å². The number of amides is 3. The van der Waals surface area contributed by atoms with E-state index in [9.17, 15) is 14.4 Å². The third-order valence-electron chi connectivity index (χ3n) is 7.10. The van der Waals surface area contributed by atoms with Gasteiger partial charge in [-0.15, -0.1) is 6.58 Å². The van der Waals surface area contributed by atoms with Crippen molar-refractivity contribution in [3.05, 3.63) is 24.8 Å². The molecule has 0 aromatic heterocycles. The van der Waals surface area contributed by atoms with Gasteiger partial charge in [-0.2, -0.15) is 0 Å². The van der Waals surface area contributed by atoms with E-state index in [1.807, 2.05) is 39.8 Å². The highest BCUT2D eigenvalue weighted by Crippen LogP contribution is 2.59. The summed E-state index contributed by atoms with van der Waals surface area (Å²) in [7, 11) is 0. The molecule has 3 heterocycles. The van der Waals surface area contributed by atoms with Crippen LogP contribution in [-0.4, -0.2) is 58.0 Å². The van der Waals surface area contributed by atoms with Crippen LogP contribution in [0.2, 0.25) is 0 Å². The van der Waals surface area contributed by atoms with Crippen LogP contribution in [-0.2, 0) is 19.1 Å². The summed E-state index contributed by atoms with van der Waals surface area (Å²) >= 11 is 0. The number of rotatable bonds is 5. The lowest BCUT2D eigenvalue weighted by molar-refractivity contribution is -0.145. The lowest BCUT2D eigenvalue weighted by atomic mass is 9.70. The Labute approximate surface area is 184 Å². The molecule has 0 radical (unpaired) electrons. The fourth-order valence-electron chi connectivity index (χ4n) is 5.94. The van der Waals surface area contributed by atoms with Crippen LogP contribution in [0.1, 0.15) is 59.8 Å². The van der Waals surface area contributed by atoms with Gasteiger partial charge in [0, 0.05) is 18.1 Å². The average Bonchev–Trinajstić information content (AvgIpc) is 3.23. The summed E-state index contributed by atoms with van der Waals surface area (Å²) in [4.78, 5) is 41.9. The molecule has 170 valence electrons. The Balaban J connectivity index is 1.68. The van der Waals surface area contributed by atoms with Crippen LogP contribution in [0.3, 0.4) is 0 Å². The molecule has 0 aromatic rings. The maximum Gasteiger partial charge on any atom is 0.246 e. The van der Waals surface area contributed by atoms with Crippen molar-refractivity contribution >= 4 is 17.7 Å². The Morgan fingerprint density at radius 1 is 1.23 bits per heavy atom. The Bertz CT molecular complexity index is 825. The van der Waals surface area contributed by atoms with Gasteiger partial charge in [-0.25, -0.2) is 0 Å². The molecule has 2 N–H and O–H groups in total. The summed E-state index contributed by atoms with van der Waals surface area (Å²) in [6, 6.07) is -0.697. The van der Waals surface area contributed by atoms with Gasteiger partial charge in [-0.3, -0.25) is 14.4 Å². The summed E-state index contributed by atoms with van der Waals surface area (Å²) in [5.41, 5.74) is -2.50. The summed E-state index contributed by atoms with van der Waals surface area (Å²) in [6.45, 7) is 11.5. The van der Waals surface area contributed by atoms with Crippen LogP contribution in [0, 0.1) is 11.8 Å². The van der Waals surface area contributed by atoms with E-state index < -0.39 is 34.6 Å². The molecule has 0 unspecified atom stereocenters. The Morgan fingerprint density at radius 3 is 2.52 bits per heavy atom. The summed E-state index contributed by atoms with van der Waals surface area (Å²) < 4.78 is 6.46. The highest BCUT2D eigenvalue weighted by Gasteiger charge is 2.76. The van der Waals surface area contributed by atoms with E-state index in [4.69, 9.17) is 4.74 Å². The van der Waals surface area contributed by atoms with Crippen molar-refractivity contribution < 1.29 is 19.1 Å². The molecule has 7 heteroatoms. The number of fused-ring (bicyclic) bond motifs is 1. The molecule has 4 aliphatic rings. The molecule has 3 amide bonds. The molecule has 1 spiro atoms. The first-order valence-electron chi connectivity index (χ1n) is 11.5. The summed E-state index contributed by atoms with van der Waals surface area (Å²) in [6.07, 6.45) is 10.7. The number of nitrogens with zero attached hydrogens (tertiary/aromatic N) is 1. The first-order chi connectivity index (χ1) is 14.5. The highest BCUT2D eigenvalue weighted by molar-refractivity contribution is 6.00. The summed E-state index contributed by atoms with van der Waals surface area (Å²) in [5, 5.41) is 6.19. The second kappa shape index (κ2) is 7.47. The maximum absolute atomic E-state index is 13.6. The molecule has 2 bridgehead atoms. The van der Waals surface area contributed by atoms with Crippen molar-refractivity contribution in [1.82, 2.24) is 15.5 Å². The van der Waals surface area contributed by atoms with Gasteiger partial charge in [0.2, 0.25) is 17.7 Å². The minimum atomic E-state index is -1.14. The predicted octanol–water partition coefficient (Wildman–Crippen LogP) is 2.08. The smallest absolute Gasteiger partial charge is 0.246 e. The Hall–Kier alpha value is -2.15. The van der Waals surface area contributed by atoms with E-state index >= 15 is 0 Å². The van der Waals surface area contributed by atoms with Crippen LogP contribution >= 0.6 is 0 Å². The van der Waals surface area contributed by atoms with Gasteiger partial charge in [0.15, 0.2) is 0 Å². The van der Waals surface area contributed by atoms with E-state index in [0.717, 1.165) is 25.7 Å². The molecule has 1 aliphatic carbocycles.